The topological polar surface area (TPSA) is 109 Å². The molecule has 0 unspecified atom stereocenters. The smallest absolute Gasteiger partial charge is 0.339 e. The van der Waals surface area contributed by atoms with Gasteiger partial charge in [0.2, 0.25) is 0 Å². The molecule has 0 radical (unpaired) electrons. The van der Waals surface area contributed by atoms with Gasteiger partial charge in [0.25, 0.3) is 10.0 Å². The van der Waals surface area contributed by atoms with E-state index in [9.17, 15) is 22.7 Å². The van der Waals surface area contributed by atoms with E-state index in [1.165, 1.54) is 12.3 Å². The van der Waals surface area contributed by atoms with Crippen molar-refractivity contribution in [2.45, 2.75) is 4.90 Å². The summed E-state index contributed by atoms with van der Waals surface area (Å²) in [6, 6.07) is 5.49. The van der Waals surface area contributed by atoms with Crippen molar-refractivity contribution in [3.63, 3.8) is 0 Å². The van der Waals surface area contributed by atoms with Gasteiger partial charge in [0.05, 0.1) is 30.0 Å². The molecule has 3 rings (SSSR count). The maximum atomic E-state index is 13.0. The monoisotopic (exact) mass is 381 g/mol. The predicted molar refractivity (Wildman–Crippen MR) is 91.4 cm³/mol. The first-order chi connectivity index (χ1) is 12.4. The molecule has 1 aromatic heterocycles. The Labute approximate surface area is 149 Å². The van der Waals surface area contributed by atoms with E-state index in [0.717, 1.165) is 24.3 Å². The number of anilines is 2. The standard InChI is InChI=1S/C16H16FN3O5S/c17-11-1-3-13(4-2-11)26(23,24)19-12-9-14(16(21)22)15(18-10-12)20-5-7-25-8-6-20/h1-4,9-10,19H,5-8H2,(H,21,22). The normalized spacial score (nSPS) is 14.9. The number of carboxylic acid groups (broad SMARTS) is 1. The Morgan fingerprint density at radius 1 is 1.23 bits per heavy atom. The largest absolute Gasteiger partial charge is 0.478 e. The van der Waals surface area contributed by atoms with Crippen molar-refractivity contribution in [1.82, 2.24) is 4.98 Å². The second-order valence-corrected chi connectivity index (χ2v) is 7.24. The van der Waals surface area contributed by atoms with Gasteiger partial charge in [0.1, 0.15) is 17.2 Å². The van der Waals surface area contributed by atoms with Crippen LogP contribution in [-0.4, -0.2) is 50.8 Å². The SMILES string of the molecule is O=C(O)c1cc(NS(=O)(=O)c2ccc(F)cc2)cnc1N1CCOCC1. The molecule has 1 aromatic carbocycles. The molecule has 0 spiro atoms. The molecule has 1 saturated heterocycles. The molecule has 10 heteroatoms. The summed E-state index contributed by atoms with van der Waals surface area (Å²) in [5.74, 6) is -1.53. The highest BCUT2D eigenvalue weighted by atomic mass is 32.2. The number of hydrogen-bond acceptors (Lipinski definition) is 6. The van der Waals surface area contributed by atoms with Crippen LogP contribution in [0.25, 0.3) is 0 Å². The first-order valence-corrected chi connectivity index (χ1v) is 9.19. The highest BCUT2D eigenvalue weighted by Gasteiger charge is 2.22. The van der Waals surface area contributed by atoms with Crippen LogP contribution in [0.3, 0.4) is 0 Å². The number of nitrogens with one attached hydrogen (secondary N) is 1. The van der Waals surface area contributed by atoms with Gasteiger partial charge >= 0.3 is 5.97 Å². The average molecular weight is 381 g/mol. The van der Waals surface area contributed by atoms with E-state index in [1.54, 1.807) is 4.90 Å². The van der Waals surface area contributed by atoms with Gasteiger partial charge in [0.15, 0.2) is 0 Å². The Morgan fingerprint density at radius 3 is 2.50 bits per heavy atom. The van der Waals surface area contributed by atoms with Crippen molar-refractivity contribution < 1.29 is 27.4 Å². The quantitative estimate of drug-likeness (QED) is 0.809. The molecule has 1 aliphatic heterocycles. The minimum Gasteiger partial charge on any atom is -0.478 e. The number of aromatic nitrogens is 1. The van der Waals surface area contributed by atoms with Crippen molar-refractivity contribution in [3.05, 3.63) is 47.9 Å². The highest BCUT2D eigenvalue weighted by molar-refractivity contribution is 7.92. The molecule has 2 N–H and O–H groups in total. The molecule has 0 atom stereocenters. The fraction of sp³-hybridized carbons (Fsp3) is 0.250. The van der Waals surface area contributed by atoms with E-state index in [4.69, 9.17) is 4.74 Å². The van der Waals surface area contributed by atoms with Gasteiger partial charge in [-0.25, -0.2) is 22.6 Å². The lowest BCUT2D eigenvalue weighted by atomic mass is 10.2. The Morgan fingerprint density at radius 2 is 1.88 bits per heavy atom. The number of hydrogen-bond donors (Lipinski definition) is 2. The Hall–Kier alpha value is -2.72. The minimum absolute atomic E-state index is 0.00346. The molecule has 2 heterocycles. The van der Waals surface area contributed by atoms with E-state index in [2.05, 4.69) is 9.71 Å². The summed E-state index contributed by atoms with van der Waals surface area (Å²) in [6.07, 6.45) is 1.25. The Kier molecular flexibility index (Phi) is 5.05. The number of halogens is 1. The van der Waals surface area contributed by atoms with Gasteiger partial charge in [-0.3, -0.25) is 4.72 Å². The van der Waals surface area contributed by atoms with Gasteiger partial charge in [-0.05, 0) is 30.3 Å². The van der Waals surface area contributed by atoms with Gasteiger partial charge in [0, 0.05) is 13.1 Å². The molecular formula is C16H16FN3O5S. The number of pyridine rings is 1. The summed E-state index contributed by atoms with van der Waals surface area (Å²) in [6.45, 7) is 1.90. The average Bonchev–Trinajstić information content (AvgIpc) is 2.62. The van der Waals surface area contributed by atoms with Gasteiger partial charge in [-0.15, -0.1) is 0 Å². The van der Waals surface area contributed by atoms with Crippen molar-refractivity contribution in [1.29, 1.82) is 0 Å². The first kappa shape index (κ1) is 18.1. The van der Waals surface area contributed by atoms with Crippen LogP contribution >= 0.6 is 0 Å². The summed E-state index contributed by atoms with van der Waals surface area (Å²) >= 11 is 0. The number of aromatic carboxylic acids is 1. The molecule has 0 aliphatic carbocycles. The summed E-state index contributed by atoms with van der Waals surface area (Å²) in [5.41, 5.74) is -0.116. The summed E-state index contributed by atoms with van der Waals surface area (Å²) in [5, 5.41) is 9.45. The van der Waals surface area contributed by atoms with Crippen LogP contribution in [-0.2, 0) is 14.8 Å². The lowest BCUT2D eigenvalue weighted by Crippen LogP contribution is -2.37. The zero-order chi connectivity index (χ0) is 18.7. The van der Waals surface area contributed by atoms with E-state index in [1.807, 2.05) is 0 Å². The zero-order valence-electron chi connectivity index (χ0n) is 13.6. The maximum Gasteiger partial charge on any atom is 0.339 e. The van der Waals surface area contributed by atoms with Crippen molar-refractivity contribution >= 4 is 27.5 Å². The number of rotatable bonds is 5. The van der Waals surface area contributed by atoms with Gasteiger partial charge in [-0.2, -0.15) is 0 Å². The van der Waals surface area contributed by atoms with Crippen LogP contribution in [0.5, 0.6) is 0 Å². The summed E-state index contributed by atoms with van der Waals surface area (Å²) in [7, 11) is -3.99. The summed E-state index contributed by atoms with van der Waals surface area (Å²) < 4.78 is 45.1. The third-order valence-corrected chi connectivity index (χ3v) is 5.18. The van der Waals surface area contributed by atoms with Crippen molar-refractivity contribution in [2.24, 2.45) is 0 Å². The van der Waals surface area contributed by atoms with Crippen LogP contribution in [0, 0.1) is 5.82 Å². The van der Waals surface area contributed by atoms with Crippen LogP contribution in [0.1, 0.15) is 10.4 Å². The van der Waals surface area contributed by atoms with Crippen LogP contribution in [0.4, 0.5) is 15.9 Å². The summed E-state index contributed by atoms with van der Waals surface area (Å²) in [4.78, 5) is 17.3. The number of morpholine rings is 1. The van der Waals surface area contributed by atoms with E-state index in [0.29, 0.717) is 26.3 Å². The molecule has 0 amide bonds. The number of benzene rings is 1. The molecule has 1 fully saturated rings. The number of sulfonamides is 1. The highest BCUT2D eigenvalue weighted by Crippen LogP contribution is 2.24. The zero-order valence-corrected chi connectivity index (χ0v) is 14.4. The van der Waals surface area contributed by atoms with E-state index in [-0.39, 0.29) is 22.0 Å². The fourth-order valence-electron chi connectivity index (χ4n) is 2.53. The Bertz CT molecular complexity index is 912. The molecule has 8 nitrogen and oxygen atoms in total. The molecule has 138 valence electrons. The minimum atomic E-state index is -3.99. The van der Waals surface area contributed by atoms with Gasteiger partial charge in [-0.1, -0.05) is 0 Å². The third-order valence-electron chi connectivity index (χ3n) is 3.78. The van der Waals surface area contributed by atoms with E-state index >= 15 is 0 Å². The molecule has 1 aliphatic rings. The van der Waals surface area contributed by atoms with Crippen molar-refractivity contribution in [3.8, 4) is 0 Å². The number of ether oxygens (including phenoxy) is 1. The lowest BCUT2D eigenvalue weighted by molar-refractivity contribution is 0.0696. The predicted octanol–water partition coefficient (Wildman–Crippen LogP) is 1.56. The fourth-order valence-corrected chi connectivity index (χ4v) is 3.56. The molecule has 2 aromatic rings. The maximum absolute atomic E-state index is 13.0. The molecule has 26 heavy (non-hydrogen) atoms. The van der Waals surface area contributed by atoms with Crippen LogP contribution in [0.2, 0.25) is 0 Å². The Balaban J connectivity index is 1.89. The van der Waals surface area contributed by atoms with Crippen molar-refractivity contribution in [2.75, 3.05) is 35.9 Å². The van der Waals surface area contributed by atoms with Gasteiger partial charge < -0.3 is 14.7 Å². The second kappa shape index (κ2) is 7.26. The molecule has 0 saturated carbocycles. The number of carbonyl (C=O) groups is 1. The molecule has 0 bridgehead atoms. The lowest BCUT2D eigenvalue weighted by Gasteiger charge is -2.28. The van der Waals surface area contributed by atoms with Crippen LogP contribution in [0.15, 0.2) is 41.4 Å². The third kappa shape index (κ3) is 3.92. The van der Waals surface area contributed by atoms with E-state index < -0.39 is 21.8 Å². The number of carboxylic acids is 1. The number of nitrogens with zero attached hydrogens (tertiary/aromatic N) is 2. The van der Waals surface area contributed by atoms with Crippen LogP contribution < -0.4 is 9.62 Å². The first-order valence-electron chi connectivity index (χ1n) is 7.71. The second-order valence-electron chi connectivity index (χ2n) is 5.56. The molecular weight excluding hydrogens is 365 g/mol.